The Hall–Kier alpha value is -1.40. The van der Waals surface area contributed by atoms with E-state index in [1.165, 1.54) is 0 Å². The lowest BCUT2D eigenvalue weighted by atomic mass is 10.2. The van der Waals surface area contributed by atoms with E-state index in [0.717, 1.165) is 6.42 Å². The molecular weight excluding hydrogens is 206 g/mol. The van der Waals surface area contributed by atoms with Crippen molar-refractivity contribution in [2.24, 2.45) is 0 Å². The lowest BCUT2D eigenvalue weighted by molar-refractivity contribution is 0.0942. The van der Waals surface area contributed by atoms with E-state index in [9.17, 15) is 4.79 Å². The maximum Gasteiger partial charge on any atom is 0.253 e. The number of hydrogen-bond donors (Lipinski definition) is 2. The summed E-state index contributed by atoms with van der Waals surface area (Å²) < 4.78 is 0. The molecule has 0 radical (unpaired) electrons. The molecule has 3 heteroatoms. The SMILES string of the molecule is C#CC(CC)NC(=O)c1ccccc1S. The Kier molecular flexibility index (Phi) is 4.26. The first kappa shape index (κ1) is 11.7. The first-order chi connectivity index (χ1) is 7.19. The molecule has 0 aliphatic heterocycles. The second-order valence-corrected chi connectivity index (χ2v) is 3.60. The molecule has 0 saturated heterocycles. The average Bonchev–Trinajstić information content (AvgIpc) is 2.26. The zero-order chi connectivity index (χ0) is 11.3. The minimum atomic E-state index is -0.217. The molecule has 0 aromatic heterocycles. The van der Waals surface area contributed by atoms with Crippen LogP contribution in [0.5, 0.6) is 0 Å². The molecule has 0 aliphatic rings. The number of carbonyl (C=O) groups is 1. The molecule has 1 aromatic rings. The van der Waals surface area contributed by atoms with E-state index < -0.39 is 0 Å². The molecule has 0 fully saturated rings. The monoisotopic (exact) mass is 219 g/mol. The molecule has 0 heterocycles. The molecule has 0 spiro atoms. The van der Waals surface area contributed by atoms with E-state index >= 15 is 0 Å². The van der Waals surface area contributed by atoms with Crippen molar-refractivity contribution >= 4 is 18.5 Å². The highest BCUT2D eigenvalue weighted by Crippen LogP contribution is 2.12. The van der Waals surface area contributed by atoms with Gasteiger partial charge in [0.05, 0.1) is 11.6 Å². The number of terminal acetylenes is 1. The zero-order valence-electron chi connectivity index (χ0n) is 8.53. The van der Waals surface area contributed by atoms with Gasteiger partial charge in [-0.25, -0.2) is 0 Å². The van der Waals surface area contributed by atoms with Gasteiger partial charge in [-0.3, -0.25) is 4.79 Å². The van der Waals surface area contributed by atoms with Gasteiger partial charge in [-0.2, -0.15) is 0 Å². The fourth-order valence-corrected chi connectivity index (χ4v) is 1.43. The van der Waals surface area contributed by atoms with Crippen LogP contribution in [-0.2, 0) is 0 Å². The van der Waals surface area contributed by atoms with Gasteiger partial charge in [-0.15, -0.1) is 19.1 Å². The molecule has 1 amide bonds. The Morgan fingerprint density at radius 2 is 2.27 bits per heavy atom. The molecule has 1 atom stereocenters. The molecular formula is C12H13NOS. The maximum atomic E-state index is 11.7. The van der Waals surface area contributed by atoms with Crippen LogP contribution in [0.4, 0.5) is 0 Å². The third kappa shape index (κ3) is 3.03. The number of nitrogens with one attached hydrogen (secondary N) is 1. The van der Waals surface area contributed by atoms with Gasteiger partial charge in [-0.1, -0.05) is 25.0 Å². The summed E-state index contributed by atoms with van der Waals surface area (Å²) in [7, 11) is 0. The van der Waals surface area contributed by atoms with E-state index in [1.54, 1.807) is 18.2 Å². The van der Waals surface area contributed by atoms with Crippen LogP contribution in [-0.4, -0.2) is 11.9 Å². The van der Waals surface area contributed by atoms with Crippen molar-refractivity contribution in [1.82, 2.24) is 5.32 Å². The summed E-state index contributed by atoms with van der Waals surface area (Å²) in [5.41, 5.74) is 0.550. The van der Waals surface area contributed by atoms with Crippen molar-refractivity contribution in [2.45, 2.75) is 24.3 Å². The topological polar surface area (TPSA) is 29.1 Å². The highest BCUT2D eigenvalue weighted by Gasteiger charge is 2.11. The predicted molar refractivity (Wildman–Crippen MR) is 64.1 cm³/mol. The lowest BCUT2D eigenvalue weighted by Crippen LogP contribution is -2.33. The van der Waals surface area contributed by atoms with Crippen LogP contribution in [0.1, 0.15) is 23.7 Å². The molecule has 78 valence electrons. The summed E-state index contributed by atoms with van der Waals surface area (Å²) in [6.07, 6.45) is 5.98. The first-order valence-electron chi connectivity index (χ1n) is 4.74. The summed E-state index contributed by atoms with van der Waals surface area (Å²) in [6.45, 7) is 1.93. The van der Waals surface area contributed by atoms with Gasteiger partial charge in [0, 0.05) is 4.90 Å². The van der Waals surface area contributed by atoms with Crippen LogP contribution in [0.3, 0.4) is 0 Å². The van der Waals surface area contributed by atoms with Crippen LogP contribution < -0.4 is 5.32 Å². The van der Waals surface area contributed by atoms with Gasteiger partial charge >= 0.3 is 0 Å². The minimum Gasteiger partial charge on any atom is -0.338 e. The summed E-state index contributed by atoms with van der Waals surface area (Å²) in [6, 6.07) is 6.91. The van der Waals surface area contributed by atoms with E-state index in [-0.39, 0.29) is 11.9 Å². The molecule has 0 aliphatic carbocycles. The zero-order valence-corrected chi connectivity index (χ0v) is 9.42. The van der Waals surface area contributed by atoms with Crippen molar-refractivity contribution in [1.29, 1.82) is 0 Å². The van der Waals surface area contributed by atoms with Gasteiger partial charge in [0.15, 0.2) is 0 Å². The fourth-order valence-electron chi connectivity index (χ4n) is 1.16. The molecule has 15 heavy (non-hydrogen) atoms. The van der Waals surface area contributed by atoms with Crippen LogP contribution >= 0.6 is 12.6 Å². The third-order valence-electron chi connectivity index (χ3n) is 2.06. The molecule has 1 aromatic carbocycles. The Labute approximate surface area is 95.5 Å². The molecule has 1 rings (SSSR count). The highest BCUT2D eigenvalue weighted by molar-refractivity contribution is 7.80. The van der Waals surface area contributed by atoms with Crippen LogP contribution in [0, 0.1) is 12.3 Å². The van der Waals surface area contributed by atoms with Crippen molar-refractivity contribution in [3.8, 4) is 12.3 Å². The first-order valence-corrected chi connectivity index (χ1v) is 5.18. The second kappa shape index (κ2) is 5.47. The Morgan fingerprint density at radius 1 is 1.60 bits per heavy atom. The van der Waals surface area contributed by atoms with Crippen molar-refractivity contribution < 1.29 is 4.79 Å². The smallest absolute Gasteiger partial charge is 0.253 e. The summed E-state index contributed by atoms with van der Waals surface area (Å²) in [5.74, 6) is 2.34. The lowest BCUT2D eigenvalue weighted by Gasteiger charge is -2.11. The van der Waals surface area contributed by atoms with E-state index in [0.29, 0.717) is 10.5 Å². The van der Waals surface area contributed by atoms with E-state index in [4.69, 9.17) is 6.42 Å². The quantitative estimate of drug-likeness (QED) is 0.592. The summed E-state index contributed by atoms with van der Waals surface area (Å²) in [4.78, 5) is 12.4. The number of benzene rings is 1. The Bertz CT molecular complexity index is 395. The van der Waals surface area contributed by atoms with E-state index in [1.807, 2.05) is 13.0 Å². The standard InChI is InChI=1S/C12H13NOS/c1-3-9(4-2)13-12(14)10-7-5-6-8-11(10)15/h1,5-9,15H,4H2,2H3,(H,13,14). The van der Waals surface area contributed by atoms with Gasteiger partial charge in [0.25, 0.3) is 5.91 Å². The van der Waals surface area contributed by atoms with Gasteiger partial charge in [-0.05, 0) is 18.6 Å². The molecule has 1 N–H and O–H groups in total. The number of hydrogen-bond acceptors (Lipinski definition) is 2. The summed E-state index contributed by atoms with van der Waals surface area (Å²) >= 11 is 4.21. The molecule has 0 saturated carbocycles. The average molecular weight is 219 g/mol. The van der Waals surface area contributed by atoms with Crippen molar-refractivity contribution in [3.05, 3.63) is 29.8 Å². The number of rotatable bonds is 3. The maximum absolute atomic E-state index is 11.7. The van der Waals surface area contributed by atoms with E-state index in [2.05, 4.69) is 23.9 Å². The van der Waals surface area contributed by atoms with Crippen molar-refractivity contribution in [3.63, 3.8) is 0 Å². The molecule has 1 unspecified atom stereocenters. The highest BCUT2D eigenvalue weighted by atomic mass is 32.1. The van der Waals surface area contributed by atoms with Gasteiger partial charge in [0.2, 0.25) is 0 Å². The Balaban J connectivity index is 2.79. The van der Waals surface area contributed by atoms with Crippen LogP contribution in [0.15, 0.2) is 29.2 Å². The predicted octanol–water partition coefficient (Wildman–Crippen LogP) is 2.12. The fraction of sp³-hybridized carbons (Fsp3) is 0.250. The summed E-state index contributed by atoms with van der Waals surface area (Å²) in [5, 5.41) is 2.75. The number of thiol groups is 1. The normalized spacial score (nSPS) is 11.5. The van der Waals surface area contributed by atoms with Gasteiger partial charge < -0.3 is 5.32 Å². The van der Waals surface area contributed by atoms with Crippen LogP contribution in [0.2, 0.25) is 0 Å². The number of carbonyl (C=O) groups excluding carboxylic acids is 1. The molecule has 0 bridgehead atoms. The minimum absolute atomic E-state index is 0.176. The third-order valence-corrected chi connectivity index (χ3v) is 2.45. The Morgan fingerprint density at radius 3 is 2.80 bits per heavy atom. The van der Waals surface area contributed by atoms with Crippen molar-refractivity contribution in [2.75, 3.05) is 0 Å². The number of amides is 1. The second-order valence-electron chi connectivity index (χ2n) is 3.12. The molecule has 2 nitrogen and oxygen atoms in total. The largest absolute Gasteiger partial charge is 0.338 e. The van der Waals surface area contributed by atoms with Crippen LogP contribution in [0.25, 0.3) is 0 Å². The van der Waals surface area contributed by atoms with Gasteiger partial charge in [0.1, 0.15) is 0 Å².